The second kappa shape index (κ2) is 5.00. The summed E-state index contributed by atoms with van der Waals surface area (Å²) in [4.78, 5) is 24.9. The fraction of sp³-hybridized carbons (Fsp3) is 0.647. The number of rotatable bonds is 4. The summed E-state index contributed by atoms with van der Waals surface area (Å²) in [5.74, 6) is -0.780. The van der Waals surface area contributed by atoms with Crippen LogP contribution < -0.4 is 0 Å². The molecule has 4 nitrogen and oxygen atoms in total. The van der Waals surface area contributed by atoms with Gasteiger partial charge in [0.15, 0.2) is 0 Å². The van der Waals surface area contributed by atoms with Crippen LogP contribution >= 0.6 is 0 Å². The van der Waals surface area contributed by atoms with Crippen molar-refractivity contribution in [3.63, 3.8) is 0 Å². The summed E-state index contributed by atoms with van der Waals surface area (Å²) < 4.78 is 10.4. The topological polar surface area (TPSA) is 52.6 Å². The van der Waals surface area contributed by atoms with Crippen molar-refractivity contribution in [2.45, 2.75) is 48.0 Å². The normalized spacial score (nSPS) is 31.0. The van der Waals surface area contributed by atoms with Crippen molar-refractivity contribution in [1.82, 2.24) is 0 Å². The zero-order valence-corrected chi connectivity index (χ0v) is 13.8. The van der Waals surface area contributed by atoms with Gasteiger partial charge in [0.1, 0.15) is 0 Å². The number of carbonyl (C=O) groups excluding carboxylic acids is 2. The lowest BCUT2D eigenvalue weighted by Crippen LogP contribution is -2.29. The average molecular weight is 292 g/mol. The van der Waals surface area contributed by atoms with Crippen molar-refractivity contribution in [2.75, 3.05) is 13.2 Å². The van der Waals surface area contributed by atoms with Gasteiger partial charge in [0.25, 0.3) is 0 Å². The van der Waals surface area contributed by atoms with Crippen LogP contribution in [0.5, 0.6) is 0 Å². The molecule has 2 bridgehead atoms. The number of hydrogen-bond acceptors (Lipinski definition) is 4. The van der Waals surface area contributed by atoms with E-state index in [1.54, 1.807) is 13.8 Å². The van der Waals surface area contributed by atoms with Gasteiger partial charge in [0.2, 0.25) is 0 Å². The number of esters is 2. The van der Waals surface area contributed by atoms with Crippen molar-refractivity contribution in [3.8, 4) is 0 Å². The van der Waals surface area contributed by atoms with Crippen LogP contribution in [0.1, 0.15) is 48.0 Å². The first-order valence-corrected chi connectivity index (χ1v) is 7.52. The van der Waals surface area contributed by atoms with Crippen molar-refractivity contribution in [1.29, 1.82) is 0 Å². The Morgan fingerprint density at radius 2 is 1.24 bits per heavy atom. The van der Waals surface area contributed by atoms with E-state index in [1.807, 2.05) is 27.7 Å². The van der Waals surface area contributed by atoms with E-state index in [-0.39, 0.29) is 0 Å². The largest absolute Gasteiger partial charge is 0.463 e. The Kier molecular flexibility index (Phi) is 3.77. The van der Waals surface area contributed by atoms with Crippen LogP contribution in [0.15, 0.2) is 22.3 Å². The van der Waals surface area contributed by atoms with E-state index in [2.05, 4.69) is 0 Å². The van der Waals surface area contributed by atoms with Gasteiger partial charge in [-0.1, -0.05) is 25.0 Å². The first kappa shape index (κ1) is 15.8. The minimum Gasteiger partial charge on any atom is -0.463 e. The Bertz CT molecular complexity index is 521. The maximum atomic E-state index is 12.4. The Balaban J connectivity index is 2.63. The fourth-order valence-electron chi connectivity index (χ4n) is 3.96. The number of hydrogen-bond donors (Lipinski definition) is 0. The van der Waals surface area contributed by atoms with E-state index in [9.17, 15) is 9.59 Å². The molecule has 2 rings (SSSR count). The lowest BCUT2D eigenvalue weighted by atomic mass is 9.74. The van der Waals surface area contributed by atoms with Crippen LogP contribution in [0.2, 0.25) is 0 Å². The molecule has 2 unspecified atom stereocenters. The molecule has 0 N–H and O–H groups in total. The number of carbonyl (C=O) groups is 2. The number of allylic oxidation sites excluding steroid dienone is 2. The number of ether oxygens (including phenoxy) is 2. The summed E-state index contributed by atoms with van der Waals surface area (Å²) in [5, 5.41) is 0. The van der Waals surface area contributed by atoms with E-state index < -0.39 is 22.8 Å². The Morgan fingerprint density at radius 1 is 0.905 bits per heavy atom. The van der Waals surface area contributed by atoms with Crippen molar-refractivity contribution in [3.05, 3.63) is 22.3 Å². The maximum absolute atomic E-state index is 12.4. The molecule has 4 heteroatoms. The first-order valence-electron chi connectivity index (χ1n) is 7.52. The van der Waals surface area contributed by atoms with Crippen molar-refractivity contribution >= 4 is 11.9 Å². The molecule has 21 heavy (non-hydrogen) atoms. The third kappa shape index (κ3) is 1.95. The molecular weight excluding hydrogens is 268 g/mol. The average Bonchev–Trinajstić information content (AvgIpc) is 2.75. The first-order chi connectivity index (χ1) is 9.74. The summed E-state index contributed by atoms with van der Waals surface area (Å²) in [6, 6.07) is 0. The van der Waals surface area contributed by atoms with Gasteiger partial charge in [-0.25, -0.2) is 9.59 Å². The van der Waals surface area contributed by atoms with Crippen LogP contribution in [-0.2, 0) is 19.1 Å². The lowest BCUT2D eigenvalue weighted by Gasteiger charge is -2.30. The smallest absolute Gasteiger partial charge is 0.335 e. The molecule has 116 valence electrons. The van der Waals surface area contributed by atoms with Crippen LogP contribution in [0.4, 0.5) is 0 Å². The molecule has 0 spiro atoms. The second-order valence-electron chi connectivity index (χ2n) is 6.28. The third-order valence-electron chi connectivity index (χ3n) is 5.24. The SMILES string of the molecule is CCOC(=O)C1=C(C(=O)OCC)C2(C)CC1(C)C(C)=C2C. The van der Waals surface area contributed by atoms with Gasteiger partial charge in [0.05, 0.1) is 24.4 Å². The molecule has 0 aromatic heterocycles. The molecule has 0 amide bonds. The lowest BCUT2D eigenvalue weighted by molar-refractivity contribution is -0.142. The highest BCUT2D eigenvalue weighted by molar-refractivity contribution is 6.05. The van der Waals surface area contributed by atoms with Crippen LogP contribution in [-0.4, -0.2) is 25.2 Å². The van der Waals surface area contributed by atoms with Gasteiger partial charge in [-0.3, -0.25) is 0 Å². The summed E-state index contributed by atoms with van der Waals surface area (Å²) >= 11 is 0. The molecule has 0 saturated heterocycles. The zero-order valence-electron chi connectivity index (χ0n) is 13.8. The highest BCUT2D eigenvalue weighted by atomic mass is 16.5. The van der Waals surface area contributed by atoms with E-state index in [0.29, 0.717) is 24.4 Å². The highest BCUT2D eigenvalue weighted by Crippen LogP contribution is 2.66. The van der Waals surface area contributed by atoms with Crippen molar-refractivity contribution in [2.24, 2.45) is 10.8 Å². The van der Waals surface area contributed by atoms with E-state index in [0.717, 1.165) is 6.42 Å². The monoisotopic (exact) mass is 292 g/mol. The Morgan fingerprint density at radius 3 is 1.52 bits per heavy atom. The van der Waals surface area contributed by atoms with Gasteiger partial charge in [-0.2, -0.15) is 0 Å². The standard InChI is InChI=1S/C17H24O4/c1-7-20-14(18)12-13(15(19)21-8-2)17(6)9-16(12,5)10(3)11(17)4/h7-9H2,1-6H3. The second-order valence-corrected chi connectivity index (χ2v) is 6.28. The summed E-state index contributed by atoms with van der Waals surface area (Å²) in [6.45, 7) is 12.3. The van der Waals surface area contributed by atoms with Crippen LogP contribution in [0.3, 0.4) is 0 Å². The van der Waals surface area contributed by atoms with Gasteiger partial charge >= 0.3 is 11.9 Å². The summed E-state index contributed by atoms with van der Waals surface area (Å²) in [7, 11) is 0. The third-order valence-corrected chi connectivity index (χ3v) is 5.24. The van der Waals surface area contributed by atoms with E-state index >= 15 is 0 Å². The molecule has 0 radical (unpaired) electrons. The van der Waals surface area contributed by atoms with Crippen LogP contribution in [0, 0.1) is 10.8 Å². The highest BCUT2D eigenvalue weighted by Gasteiger charge is 2.61. The minimum absolute atomic E-state index is 0.299. The van der Waals surface area contributed by atoms with Gasteiger partial charge < -0.3 is 9.47 Å². The predicted molar refractivity (Wildman–Crippen MR) is 79.5 cm³/mol. The Labute approximate surface area is 126 Å². The van der Waals surface area contributed by atoms with Gasteiger partial charge in [-0.15, -0.1) is 0 Å². The molecule has 0 fully saturated rings. The number of fused-ring (bicyclic) bond motifs is 2. The van der Waals surface area contributed by atoms with Gasteiger partial charge in [0, 0.05) is 10.8 Å². The molecule has 2 atom stereocenters. The van der Waals surface area contributed by atoms with E-state index in [1.165, 1.54) is 11.1 Å². The van der Waals surface area contributed by atoms with Gasteiger partial charge in [-0.05, 0) is 34.1 Å². The molecule has 0 aromatic rings. The zero-order chi connectivity index (χ0) is 16.0. The molecule has 0 aromatic carbocycles. The molecule has 2 aliphatic carbocycles. The quantitative estimate of drug-likeness (QED) is 0.590. The van der Waals surface area contributed by atoms with E-state index in [4.69, 9.17) is 9.47 Å². The molecule has 0 aliphatic heterocycles. The van der Waals surface area contributed by atoms with Crippen LogP contribution in [0.25, 0.3) is 0 Å². The predicted octanol–water partition coefficient (Wildman–Crippen LogP) is 3.18. The maximum Gasteiger partial charge on any atom is 0.335 e. The minimum atomic E-state index is -0.423. The fourth-order valence-corrected chi connectivity index (χ4v) is 3.96. The Hall–Kier alpha value is -1.58. The molecule has 0 saturated carbocycles. The molecular formula is C17H24O4. The van der Waals surface area contributed by atoms with Crippen molar-refractivity contribution < 1.29 is 19.1 Å². The summed E-state index contributed by atoms with van der Waals surface area (Å²) in [5.41, 5.74) is 2.48. The molecule has 0 heterocycles. The molecule has 2 aliphatic rings. The summed E-state index contributed by atoms with van der Waals surface area (Å²) in [6.07, 6.45) is 0.736.